The minimum atomic E-state index is -0.771. The van der Waals surface area contributed by atoms with Gasteiger partial charge in [-0.2, -0.15) is 0 Å². The molecular weight excluding hydrogens is 266 g/mol. The molecule has 1 fully saturated rings. The van der Waals surface area contributed by atoms with Crippen LogP contribution in [0.2, 0.25) is 0 Å². The van der Waals surface area contributed by atoms with Crippen LogP contribution in [0.3, 0.4) is 0 Å². The Balaban J connectivity index is 2.16. The van der Waals surface area contributed by atoms with Crippen molar-refractivity contribution in [1.29, 1.82) is 0 Å². The highest BCUT2D eigenvalue weighted by molar-refractivity contribution is 9.10. The van der Waals surface area contributed by atoms with Crippen LogP contribution in [0.25, 0.3) is 0 Å². The molecule has 0 aromatic carbocycles. The second-order valence-corrected chi connectivity index (χ2v) is 5.21. The van der Waals surface area contributed by atoms with E-state index in [1.807, 2.05) is 5.38 Å². The molecule has 0 unspecified atom stereocenters. The fourth-order valence-corrected chi connectivity index (χ4v) is 2.99. The van der Waals surface area contributed by atoms with Gasteiger partial charge in [-0.1, -0.05) is 0 Å². The van der Waals surface area contributed by atoms with Crippen LogP contribution in [0.15, 0.2) is 9.98 Å². The summed E-state index contributed by atoms with van der Waals surface area (Å²) in [6, 6.07) is 0. The average molecular weight is 278 g/mol. The lowest BCUT2D eigenvalue weighted by molar-refractivity contribution is -0.0263. The predicted octanol–water partition coefficient (Wildman–Crippen LogP) is 1.06. The van der Waals surface area contributed by atoms with Crippen LogP contribution < -0.4 is 5.84 Å². The second kappa shape index (κ2) is 3.86. The molecule has 1 aromatic heterocycles. The van der Waals surface area contributed by atoms with Crippen molar-refractivity contribution in [2.75, 3.05) is 13.1 Å². The average Bonchev–Trinajstić information content (AvgIpc) is 2.58. The first-order valence-corrected chi connectivity index (χ1v) is 6.11. The lowest BCUT2D eigenvalue weighted by Crippen LogP contribution is -2.45. The monoisotopic (exact) mass is 277 g/mol. The van der Waals surface area contributed by atoms with Gasteiger partial charge in [0.05, 0.1) is 0 Å². The summed E-state index contributed by atoms with van der Waals surface area (Å²) in [6.07, 6.45) is 1.31. The topological polar surface area (TPSA) is 62.4 Å². The standard InChI is InChI=1S/C8H12BrN3OS/c9-6-5-14-7(11-6)8(13)1-3-12(10)4-2-8/h5,13H,1-4,10H2. The molecule has 14 heavy (non-hydrogen) atoms. The van der Waals surface area contributed by atoms with Crippen molar-refractivity contribution in [3.05, 3.63) is 15.0 Å². The Labute approximate surface area is 94.8 Å². The van der Waals surface area contributed by atoms with Crippen LogP contribution in [0.4, 0.5) is 0 Å². The Kier molecular flexibility index (Phi) is 2.90. The molecule has 0 amide bonds. The Hall–Kier alpha value is -0.0100. The van der Waals surface area contributed by atoms with Crippen molar-refractivity contribution in [3.63, 3.8) is 0 Å². The zero-order chi connectivity index (χ0) is 10.2. The summed E-state index contributed by atoms with van der Waals surface area (Å²) in [4.78, 5) is 4.26. The molecule has 0 saturated carbocycles. The highest BCUT2D eigenvalue weighted by atomic mass is 79.9. The first-order valence-electron chi connectivity index (χ1n) is 4.44. The lowest BCUT2D eigenvalue weighted by atomic mass is 9.93. The van der Waals surface area contributed by atoms with Crippen molar-refractivity contribution >= 4 is 27.3 Å². The minimum absolute atomic E-state index is 0.656. The number of aromatic nitrogens is 1. The Bertz CT molecular complexity index is 322. The van der Waals surface area contributed by atoms with E-state index >= 15 is 0 Å². The molecule has 0 atom stereocenters. The van der Waals surface area contributed by atoms with Crippen molar-refractivity contribution in [2.24, 2.45) is 5.84 Å². The number of hydrogen-bond donors (Lipinski definition) is 2. The van der Waals surface area contributed by atoms with Gasteiger partial charge in [-0.05, 0) is 28.8 Å². The van der Waals surface area contributed by atoms with Crippen molar-refractivity contribution in [1.82, 2.24) is 9.99 Å². The van der Waals surface area contributed by atoms with Crippen LogP contribution in [-0.4, -0.2) is 28.2 Å². The summed E-state index contributed by atoms with van der Waals surface area (Å²) in [7, 11) is 0. The van der Waals surface area contributed by atoms with Crippen LogP contribution in [0, 0.1) is 0 Å². The van der Waals surface area contributed by atoms with E-state index in [0.29, 0.717) is 25.9 Å². The van der Waals surface area contributed by atoms with E-state index < -0.39 is 5.60 Å². The van der Waals surface area contributed by atoms with E-state index in [1.54, 1.807) is 5.01 Å². The van der Waals surface area contributed by atoms with Crippen molar-refractivity contribution < 1.29 is 5.11 Å². The summed E-state index contributed by atoms with van der Waals surface area (Å²) in [5.74, 6) is 5.64. The van der Waals surface area contributed by atoms with E-state index in [1.165, 1.54) is 11.3 Å². The van der Waals surface area contributed by atoms with Crippen LogP contribution in [0.5, 0.6) is 0 Å². The van der Waals surface area contributed by atoms with E-state index in [9.17, 15) is 5.11 Å². The van der Waals surface area contributed by atoms with Gasteiger partial charge in [-0.3, -0.25) is 5.84 Å². The smallest absolute Gasteiger partial charge is 0.126 e. The predicted molar refractivity (Wildman–Crippen MR) is 58.7 cm³/mol. The molecule has 78 valence electrons. The Morgan fingerprint density at radius 1 is 1.57 bits per heavy atom. The van der Waals surface area contributed by atoms with Crippen molar-refractivity contribution in [2.45, 2.75) is 18.4 Å². The second-order valence-electron chi connectivity index (χ2n) is 3.54. The van der Waals surface area contributed by atoms with Gasteiger partial charge < -0.3 is 5.11 Å². The number of hydrazine groups is 1. The fourth-order valence-electron chi connectivity index (χ4n) is 1.58. The third kappa shape index (κ3) is 1.99. The number of aliphatic hydroxyl groups is 1. The number of piperidine rings is 1. The molecule has 0 bridgehead atoms. The van der Waals surface area contributed by atoms with E-state index in [4.69, 9.17) is 5.84 Å². The summed E-state index contributed by atoms with van der Waals surface area (Å²) < 4.78 is 0.793. The number of hydrogen-bond acceptors (Lipinski definition) is 5. The van der Waals surface area contributed by atoms with Gasteiger partial charge in [0, 0.05) is 18.5 Å². The number of halogens is 1. The molecular formula is C8H12BrN3OS. The summed E-state index contributed by atoms with van der Waals surface area (Å²) in [5.41, 5.74) is -0.771. The van der Waals surface area contributed by atoms with Gasteiger partial charge in [0.25, 0.3) is 0 Å². The first-order chi connectivity index (χ1) is 6.60. The first kappa shape index (κ1) is 10.5. The Morgan fingerprint density at radius 2 is 2.21 bits per heavy atom. The molecule has 1 aromatic rings. The molecule has 0 spiro atoms. The molecule has 2 heterocycles. The molecule has 2 rings (SSSR count). The normalized spacial score (nSPS) is 22.5. The third-order valence-electron chi connectivity index (χ3n) is 2.50. The maximum Gasteiger partial charge on any atom is 0.126 e. The molecule has 0 radical (unpaired) electrons. The highest BCUT2D eigenvalue weighted by Crippen LogP contribution is 2.34. The van der Waals surface area contributed by atoms with Crippen LogP contribution in [-0.2, 0) is 5.60 Å². The van der Waals surface area contributed by atoms with Crippen molar-refractivity contribution in [3.8, 4) is 0 Å². The number of nitrogens with zero attached hydrogens (tertiary/aromatic N) is 2. The summed E-state index contributed by atoms with van der Waals surface area (Å²) >= 11 is 4.78. The fraction of sp³-hybridized carbons (Fsp3) is 0.625. The van der Waals surface area contributed by atoms with E-state index in [2.05, 4.69) is 20.9 Å². The van der Waals surface area contributed by atoms with Crippen LogP contribution >= 0.6 is 27.3 Å². The Morgan fingerprint density at radius 3 is 2.71 bits per heavy atom. The van der Waals surface area contributed by atoms with Gasteiger partial charge in [-0.25, -0.2) is 9.99 Å². The lowest BCUT2D eigenvalue weighted by Gasteiger charge is -2.34. The van der Waals surface area contributed by atoms with Gasteiger partial charge in [0.15, 0.2) is 0 Å². The van der Waals surface area contributed by atoms with E-state index in [0.717, 1.165) is 9.61 Å². The van der Waals surface area contributed by atoms with Gasteiger partial charge in [0.2, 0.25) is 0 Å². The maximum atomic E-state index is 10.3. The number of nitrogens with two attached hydrogens (primary N) is 1. The largest absolute Gasteiger partial charge is 0.383 e. The summed E-state index contributed by atoms with van der Waals surface area (Å²) in [5, 5.41) is 14.7. The SMILES string of the molecule is NN1CCC(O)(c2nc(Br)cs2)CC1. The summed E-state index contributed by atoms with van der Waals surface area (Å²) in [6.45, 7) is 1.43. The molecule has 0 aliphatic carbocycles. The highest BCUT2D eigenvalue weighted by Gasteiger charge is 2.35. The van der Waals surface area contributed by atoms with Crippen LogP contribution in [0.1, 0.15) is 17.8 Å². The third-order valence-corrected chi connectivity index (χ3v) is 4.24. The maximum absolute atomic E-state index is 10.3. The van der Waals surface area contributed by atoms with Gasteiger partial charge in [0.1, 0.15) is 15.2 Å². The number of thiazole rings is 1. The number of rotatable bonds is 1. The quantitative estimate of drug-likeness (QED) is 0.754. The zero-order valence-corrected chi connectivity index (χ0v) is 10.0. The zero-order valence-electron chi connectivity index (χ0n) is 7.61. The molecule has 1 aliphatic rings. The molecule has 1 aliphatic heterocycles. The van der Waals surface area contributed by atoms with E-state index in [-0.39, 0.29) is 0 Å². The molecule has 1 saturated heterocycles. The minimum Gasteiger partial charge on any atom is -0.383 e. The molecule has 6 heteroatoms. The molecule has 3 N–H and O–H groups in total. The van der Waals surface area contributed by atoms with Gasteiger partial charge in [-0.15, -0.1) is 11.3 Å². The molecule has 4 nitrogen and oxygen atoms in total. The van der Waals surface area contributed by atoms with Gasteiger partial charge >= 0.3 is 0 Å².